The molecule has 2 nitrogen and oxygen atoms in total. The van der Waals surface area contributed by atoms with Crippen molar-refractivity contribution in [1.29, 1.82) is 0 Å². The fourth-order valence-electron chi connectivity index (χ4n) is 1.68. The number of benzene rings is 2. The number of hydrogen-bond donors (Lipinski definition) is 0. The Bertz CT molecular complexity index is 719. The molecule has 0 saturated heterocycles. The maximum absolute atomic E-state index is 13.5. The van der Waals surface area contributed by atoms with Crippen molar-refractivity contribution < 1.29 is 31.5 Å². The van der Waals surface area contributed by atoms with Crippen molar-refractivity contribution in [2.45, 2.75) is 6.61 Å². The van der Waals surface area contributed by atoms with Crippen LogP contribution in [0.1, 0.15) is 15.9 Å². The Labute approximate surface area is 126 Å². The highest BCUT2D eigenvalue weighted by molar-refractivity contribution is 6.68. The van der Waals surface area contributed by atoms with Crippen LogP contribution in [0.5, 0.6) is 5.75 Å². The molecule has 0 aliphatic rings. The molecular weight excluding hydrogens is 331 g/mol. The van der Waals surface area contributed by atoms with Crippen molar-refractivity contribution in [2.75, 3.05) is 0 Å². The lowest BCUT2D eigenvalue weighted by Crippen LogP contribution is -2.10. The molecule has 0 aliphatic carbocycles. The molecule has 2 aromatic carbocycles. The third-order valence-electron chi connectivity index (χ3n) is 2.77. The largest absolute Gasteiger partial charge is 0.488 e. The molecule has 0 bridgehead atoms. The van der Waals surface area contributed by atoms with Gasteiger partial charge in [0.2, 0.25) is 5.82 Å². The van der Waals surface area contributed by atoms with E-state index in [1.807, 2.05) is 0 Å². The number of para-hydroxylation sites is 1. The lowest BCUT2D eigenvalue weighted by Gasteiger charge is -2.11. The Morgan fingerprint density at radius 1 is 0.909 bits per heavy atom. The summed E-state index contributed by atoms with van der Waals surface area (Å²) in [5, 5.41) is -0.895. The van der Waals surface area contributed by atoms with Gasteiger partial charge in [0.05, 0.1) is 11.1 Å². The van der Waals surface area contributed by atoms with E-state index in [0.717, 1.165) is 0 Å². The van der Waals surface area contributed by atoms with Crippen molar-refractivity contribution >= 4 is 16.8 Å². The highest BCUT2D eigenvalue weighted by atomic mass is 35.5. The summed E-state index contributed by atoms with van der Waals surface area (Å²) in [7, 11) is 0. The van der Waals surface area contributed by atoms with Crippen LogP contribution in [0.2, 0.25) is 0 Å². The van der Waals surface area contributed by atoms with Gasteiger partial charge in [-0.1, -0.05) is 12.1 Å². The average molecular weight is 337 g/mol. The molecule has 0 heterocycles. The predicted molar refractivity (Wildman–Crippen MR) is 67.2 cm³/mol. The van der Waals surface area contributed by atoms with E-state index >= 15 is 0 Å². The third kappa shape index (κ3) is 2.89. The van der Waals surface area contributed by atoms with Crippen LogP contribution in [-0.2, 0) is 6.61 Å². The molecule has 2 rings (SSSR count). The minimum Gasteiger partial charge on any atom is -0.488 e. The van der Waals surface area contributed by atoms with Gasteiger partial charge in [-0.3, -0.25) is 4.79 Å². The van der Waals surface area contributed by atoms with Crippen LogP contribution in [0, 0.1) is 29.1 Å². The smallest absolute Gasteiger partial charge is 0.256 e. The lowest BCUT2D eigenvalue weighted by molar-refractivity contribution is 0.107. The number of hydrogen-bond acceptors (Lipinski definition) is 2. The Morgan fingerprint density at radius 2 is 1.41 bits per heavy atom. The fourth-order valence-corrected chi connectivity index (χ4v) is 1.84. The molecule has 0 amide bonds. The van der Waals surface area contributed by atoms with E-state index in [1.54, 1.807) is 0 Å². The van der Waals surface area contributed by atoms with E-state index < -0.39 is 46.5 Å². The van der Waals surface area contributed by atoms with Gasteiger partial charge < -0.3 is 4.74 Å². The van der Waals surface area contributed by atoms with Crippen LogP contribution in [0.15, 0.2) is 24.3 Å². The van der Waals surface area contributed by atoms with Gasteiger partial charge in [-0.2, -0.15) is 0 Å². The topological polar surface area (TPSA) is 26.3 Å². The first kappa shape index (κ1) is 16.2. The second kappa shape index (κ2) is 6.31. The summed E-state index contributed by atoms with van der Waals surface area (Å²) >= 11 is 5.29. The number of rotatable bonds is 4. The maximum Gasteiger partial charge on any atom is 0.256 e. The highest BCUT2D eigenvalue weighted by Crippen LogP contribution is 2.26. The zero-order chi connectivity index (χ0) is 16.4. The zero-order valence-electron chi connectivity index (χ0n) is 10.6. The van der Waals surface area contributed by atoms with Crippen LogP contribution >= 0.6 is 11.6 Å². The van der Waals surface area contributed by atoms with E-state index in [2.05, 4.69) is 0 Å². The number of ether oxygens (including phenoxy) is 1. The summed E-state index contributed by atoms with van der Waals surface area (Å²) in [5.74, 6) is -10.5. The molecule has 0 aliphatic heterocycles. The SMILES string of the molecule is O=C(Cl)c1ccccc1OCc1c(F)c(F)c(F)c(F)c1F. The van der Waals surface area contributed by atoms with E-state index in [0.29, 0.717) is 0 Å². The second-order valence-electron chi connectivity index (χ2n) is 4.11. The van der Waals surface area contributed by atoms with Crippen molar-refractivity contribution in [3.05, 3.63) is 64.5 Å². The number of halogens is 6. The quantitative estimate of drug-likeness (QED) is 0.359. The summed E-state index contributed by atoms with van der Waals surface area (Å²) in [5.41, 5.74) is -1.25. The first-order valence-corrected chi connectivity index (χ1v) is 6.14. The lowest BCUT2D eigenvalue weighted by atomic mass is 10.1. The van der Waals surface area contributed by atoms with Crippen LogP contribution in [-0.4, -0.2) is 5.24 Å². The molecule has 0 N–H and O–H groups in total. The molecule has 0 radical (unpaired) electrons. The second-order valence-corrected chi connectivity index (χ2v) is 4.45. The van der Waals surface area contributed by atoms with Crippen molar-refractivity contribution in [3.63, 3.8) is 0 Å². The minimum atomic E-state index is -2.25. The van der Waals surface area contributed by atoms with Gasteiger partial charge in [-0.15, -0.1) is 0 Å². The van der Waals surface area contributed by atoms with Crippen LogP contribution < -0.4 is 4.74 Å². The van der Waals surface area contributed by atoms with Gasteiger partial charge in [0.1, 0.15) is 12.4 Å². The standard InChI is InChI=1S/C14H6ClF5O2/c15-14(21)6-3-1-2-4-8(6)22-5-7-9(16)11(18)13(20)12(19)10(7)17/h1-4H,5H2. The molecule has 0 atom stereocenters. The monoisotopic (exact) mass is 336 g/mol. The van der Waals surface area contributed by atoms with E-state index in [4.69, 9.17) is 16.3 Å². The summed E-state index contributed by atoms with van der Waals surface area (Å²) in [6, 6.07) is 5.45. The van der Waals surface area contributed by atoms with Crippen molar-refractivity contribution in [1.82, 2.24) is 0 Å². The first-order valence-electron chi connectivity index (χ1n) is 5.76. The normalized spacial score (nSPS) is 10.6. The summed E-state index contributed by atoms with van der Waals surface area (Å²) in [4.78, 5) is 11.1. The molecular formula is C14H6ClF5O2. The van der Waals surface area contributed by atoms with E-state index in [-0.39, 0.29) is 11.3 Å². The predicted octanol–water partition coefficient (Wildman–Crippen LogP) is 4.34. The van der Waals surface area contributed by atoms with Gasteiger partial charge in [0.15, 0.2) is 23.3 Å². The highest BCUT2D eigenvalue weighted by Gasteiger charge is 2.26. The van der Waals surface area contributed by atoms with E-state index in [9.17, 15) is 26.7 Å². The van der Waals surface area contributed by atoms with Gasteiger partial charge in [0.25, 0.3) is 5.24 Å². The Morgan fingerprint density at radius 3 is 1.95 bits per heavy atom. The molecule has 0 aromatic heterocycles. The first-order chi connectivity index (χ1) is 10.3. The summed E-state index contributed by atoms with van der Waals surface area (Å²) in [6.07, 6.45) is 0. The summed E-state index contributed by atoms with van der Waals surface area (Å²) < 4.78 is 70.9. The molecule has 0 spiro atoms. The molecule has 116 valence electrons. The summed E-state index contributed by atoms with van der Waals surface area (Å²) in [6.45, 7) is -0.965. The van der Waals surface area contributed by atoms with E-state index in [1.165, 1.54) is 24.3 Å². The zero-order valence-corrected chi connectivity index (χ0v) is 11.4. The van der Waals surface area contributed by atoms with Gasteiger partial charge in [-0.05, 0) is 23.7 Å². The maximum atomic E-state index is 13.5. The molecule has 0 saturated carbocycles. The van der Waals surface area contributed by atoms with Gasteiger partial charge in [0, 0.05) is 0 Å². The number of carbonyl (C=O) groups excluding carboxylic acids is 1. The average Bonchev–Trinajstić information content (AvgIpc) is 2.51. The van der Waals surface area contributed by atoms with Crippen LogP contribution in [0.4, 0.5) is 22.0 Å². The Kier molecular flexibility index (Phi) is 4.65. The molecule has 22 heavy (non-hydrogen) atoms. The molecule has 2 aromatic rings. The van der Waals surface area contributed by atoms with Crippen LogP contribution in [0.3, 0.4) is 0 Å². The van der Waals surface area contributed by atoms with Crippen LogP contribution in [0.25, 0.3) is 0 Å². The fraction of sp³-hybridized carbons (Fsp3) is 0.0714. The Balaban J connectivity index is 2.36. The molecule has 8 heteroatoms. The number of carbonyl (C=O) groups is 1. The third-order valence-corrected chi connectivity index (χ3v) is 2.98. The van der Waals surface area contributed by atoms with Crippen molar-refractivity contribution in [2.24, 2.45) is 0 Å². The Hall–Kier alpha value is -2.15. The minimum absolute atomic E-state index is 0.104. The van der Waals surface area contributed by atoms with Crippen molar-refractivity contribution in [3.8, 4) is 5.75 Å². The molecule has 0 fully saturated rings. The van der Waals surface area contributed by atoms with Gasteiger partial charge >= 0.3 is 0 Å². The molecule has 0 unspecified atom stereocenters. The van der Waals surface area contributed by atoms with Gasteiger partial charge in [-0.25, -0.2) is 22.0 Å².